The molecule has 1 N–H and O–H groups in total. The highest BCUT2D eigenvalue weighted by Crippen LogP contribution is 2.29. The minimum atomic E-state index is -4.90. The van der Waals surface area contributed by atoms with E-state index in [-0.39, 0.29) is 30.6 Å². The zero-order valence-corrected chi connectivity index (χ0v) is 12.2. The van der Waals surface area contributed by atoms with Crippen LogP contribution in [0.25, 0.3) is 6.08 Å². The van der Waals surface area contributed by atoms with Crippen LogP contribution in [-0.2, 0) is 20.7 Å². The summed E-state index contributed by atoms with van der Waals surface area (Å²) in [6.45, 7) is 1.81. The fourth-order valence-electron chi connectivity index (χ4n) is 1.74. The molecule has 126 valence electrons. The Morgan fingerprint density at radius 3 is 2.57 bits per heavy atom. The highest BCUT2D eigenvalue weighted by Gasteiger charge is 2.32. The molecule has 0 aliphatic carbocycles. The van der Waals surface area contributed by atoms with Crippen molar-refractivity contribution in [1.82, 2.24) is 0 Å². The Bertz CT molecular complexity index is 593. The van der Waals surface area contributed by atoms with Gasteiger partial charge in [0.05, 0.1) is 6.61 Å². The quantitative estimate of drug-likeness (QED) is 0.613. The van der Waals surface area contributed by atoms with Crippen molar-refractivity contribution in [2.45, 2.75) is 26.1 Å². The number of carboxylic acids is 1. The molecular weight excluding hydrogens is 317 g/mol. The minimum Gasteiger partial charge on any atom is -0.478 e. The third-order valence-electron chi connectivity index (χ3n) is 2.64. The standard InChI is InChI=1S/C15H15F3O5/c1-2-22-14(21)8-6-11-5-3-10(4-7-13(19)20)9-12(11)23-15(16,17)18/h3-5,7,9H,2,6,8H2,1H3,(H,19,20)/b7-4+. The van der Waals surface area contributed by atoms with Crippen LogP contribution in [0.2, 0.25) is 0 Å². The first-order valence-electron chi connectivity index (χ1n) is 6.66. The van der Waals surface area contributed by atoms with E-state index in [1.54, 1.807) is 6.92 Å². The number of hydrogen-bond donors (Lipinski definition) is 1. The van der Waals surface area contributed by atoms with Crippen molar-refractivity contribution >= 4 is 18.0 Å². The number of carbonyl (C=O) groups excluding carboxylic acids is 1. The molecule has 0 bridgehead atoms. The summed E-state index contributed by atoms with van der Waals surface area (Å²) in [5, 5.41) is 8.53. The summed E-state index contributed by atoms with van der Waals surface area (Å²) in [7, 11) is 0. The van der Waals surface area contributed by atoms with E-state index < -0.39 is 24.1 Å². The lowest BCUT2D eigenvalue weighted by atomic mass is 10.1. The summed E-state index contributed by atoms with van der Waals surface area (Å²) < 4.78 is 46.0. The smallest absolute Gasteiger partial charge is 0.478 e. The van der Waals surface area contributed by atoms with Gasteiger partial charge in [-0.15, -0.1) is 13.2 Å². The van der Waals surface area contributed by atoms with Gasteiger partial charge in [0, 0.05) is 12.5 Å². The summed E-state index contributed by atoms with van der Waals surface area (Å²) in [6, 6.07) is 3.85. The van der Waals surface area contributed by atoms with Gasteiger partial charge in [-0.25, -0.2) is 4.79 Å². The van der Waals surface area contributed by atoms with Gasteiger partial charge in [0.2, 0.25) is 0 Å². The van der Waals surface area contributed by atoms with Crippen LogP contribution in [0.5, 0.6) is 5.75 Å². The van der Waals surface area contributed by atoms with Gasteiger partial charge in [-0.1, -0.05) is 12.1 Å². The zero-order valence-electron chi connectivity index (χ0n) is 12.2. The number of ether oxygens (including phenoxy) is 2. The predicted octanol–water partition coefficient (Wildman–Crippen LogP) is 3.18. The largest absolute Gasteiger partial charge is 0.573 e. The SMILES string of the molecule is CCOC(=O)CCc1ccc(/C=C/C(=O)O)cc1OC(F)(F)F. The molecule has 0 aliphatic heterocycles. The Balaban J connectivity index is 2.98. The van der Waals surface area contributed by atoms with Crippen molar-refractivity contribution in [1.29, 1.82) is 0 Å². The first-order chi connectivity index (χ1) is 10.7. The Kier molecular flexibility index (Phi) is 6.62. The highest BCUT2D eigenvalue weighted by molar-refractivity contribution is 5.85. The van der Waals surface area contributed by atoms with Crippen LogP contribution in [0, 0.1) is 0 Å². The van der Waals surface area contributed by atoms with Crippen molar-refractivity contribution < 1.29 is 37.3 Å². The van der Waals surface area contributed by atoms with Gasteiger partial charge in [0.1, 0.15) is 5.75 Å². The van der Waals surface area contributed by atoms with E-state index in [1.165, 1.54) is 12.1 Å². The maximum atomic E-state index is 12.5. The number of aliphatic carboxylic acids is 1. The number of carboxylic acid groups (broad SMARTS) is 1. The summed E-state index contributed by atoms with van der Waals surface area (Å²) in [6.07, 6.45) is -3.04. The Morgan fingerprint density at radius 2 is 2.00 bits per heavy atom. The van der Waals surface area contributed by atoms with Crippen LogP contribution < -0.4 is 4.74 Å². The second-order valence-corrected chi connectivity index (χ2v) is 4.39. The van der Waals surface area contributed by atoms with E-state index in [2.05, 4.69) is 4.74 Å². The predicted molar refractivity (Wildman–Crippen MR) is 74.7 cm³/mol. The average molecular weight is 332 g/mol. The van der Waals surface area contributed by atoms with Crippen molar-refractivity contribution in [3.05, 3.63) is 35.4 Å². The number of carbonyl (C=O) groups is 2. The number of benzene rings is 1. The molecule has 0 fully saturated rings. The second-order valence-electron chi connectivity index (χ2n) is 4.39. The third kappa shape index (κ3) is 7.35. The van der Waals surface area contributed by atoms with Gasteiger partial charge in [-0.3, -0.25) is 4.79 Å². The minimum absolute atomic E-state index is 0.00711. The normalized spacial score (nSPS) is 11.5. The summed E-state index contributed by atoms with van der Waals surface area (Å²) in [4.78, 5) is 21.7. The molecule has 8 heteroatoms. The van der Waals surface area contributed by atoms with E-state index >= 15 is 0 Å². The maximum absolute atomic E-state index is 12.5. The third-order valence-corrected chi connectivity index (χ3v) is 2.64. The fourth-order valence-corrected chi connectivity index (χ4v) is 1.74. The molecule has 1 aromatic carbocycles. The van der Waals surface area contributed by atoms with Gasteiger partial charge in [0.25, 0.3) is 0 Å². The molecule has 0 aliphatic rings. The van der Waals surface area contributed by atoms with Crippen molar-refractivity contribution in [2.24, 2.45) is 0 Å². The number of alkyl halides is 3. The molecule has 0 unspecified atom stereocenters. The van der Waals surface area contributed by atoms with E-state index in [0.717, 1.165) is 18.2 Å². The molecule has 0 atom stereocenters. The Morgan fingerprint density at radius 1 is 1.30 bits per heavy atom. The lowest BCUT2D eigenvalue weighted by Crippen LogP contribution is -2.18. The van der Waals surface area contributed by atoms with Crippen molar-refractivity contribution in [3.8, 4) is 5.75 Å². The lowest BCUT2D eigenvalue weighted by Gasteiger charge is -2.14. The molecule has 23 heavy (non-hydrogen) atoms. The Hall–Kier alpha value is -2.51. The van der Waals surface area contributed by atoms with Gasteiger partial charge >= 0.3 is 18.3 Å². The van der Waals surface area contributed by atoms with Crippen LogP contribution >= 0.6 is 0 Å². The highest BCUT2D eigenvalue weighted by atomic mass is 19.4. The molecule has 0 aromatic heterocycles. The van der Waals surface area contributed by atoms with E-state index in [4.69, 9.17) is 9.84 Å². The van der Waals surface area contributed by atoms with E-state index in [1.807, 2.05) is 0 Å². The second kappa shape index (κ2) is 8.21. The number of hydrogen-bond acceptors (Lipinski definition) is 4. The number of esters is 1. The molecule has 1 rings (SSSR count). The number of aryl methyl sites for hydroxylation is 1. The van der Waals surface area contributed by atoms with Gasteiger partial charge < -0.3 is 14.6 Å². The van der Waals surface area contributed by atoms with Crippen LogP contribution in [0.1, 0.15) is 24.5 Å². The summed E-state index contributed by atoms with van der Waals surface area (Å²) >= 11 is 0. The summed E-state index contributed by atoms with van der Waals surface area (Å²) in [5.74, 6) is -2.23. The fraction of sp³-hybridized carbons (Fsp3) is 0.333. The van der Waals surface area contributed by atoms with E-state index in [0.29, 0.717) is 0 Å². The van der Waals surface area contributed by atoms with Gasteiger partial charge in [-0.2, -0.15) is 0 Å². The van der Waals surface area contributed by atoms with Gasteiger partial charge in [-0.05, 0) is 36.6 Å². The van der Waals surface area contributed by atoms with E-state index in [9.17, 15) is 22.8 Å². The molecule has 0 spiro atoms. The molecule has 0 amide bonds. The summed E-state index contributed by atoms with van der Waals surface area (Å²) in [5.41, 5.74) is 0.398. The molecule has 0 saturated heterocycles. The first kappa shape index (κ1) is 18.5. The number of halogens is 3. The molecule has 0 saturated carbocycles. The maximum Gasteiger partial charge on any atom is 0.573 e. The van der Waals surface area contributed by atoms with Crippen molar-refractivity contribution in [2.75, 3.05) is 6.61 Å². The van der Waals surface area contributed by atoms with Crippen LogP contribution in [0.3, 0.4) is 0 Å². The average Bonchev–Trinajstić information content (AvgIpc) is 2.42. The Labute approximate surface area is 130 Å². The van der Waals surface area contributed by atoms with Crippen LogP contribution in [-0.4, -0.2) is 30.0 Å². The lowest BCUT2D eigenvalue weighted by molar-refractivity contribution is -0.274. The van der Waals surface area contributed by atoms with Crippen molar-refractivity contribution in [3.63, 3.8) is 0 Å². The molecule has 1 aromatic rings. The molecule has 0 radical (unpaired) electrons. The zero-order chi connectivity index (χ0) is 17.5. The first-order valence-corrected chi connectivity index (χ1v) is 6.66. The molecular formula is C15H15F3O5. The molecule has 5 nitrogen and oxygen atoms in total. The monoisotopic (exact) mass is 332 g/mol. The van der Waals surface area contributed by atoms with Gasteiger partial charge in [0.15, 0.2) is 0 Å². The molecule has 0 heterocycles. The number of rotatable bonds is 7. The van der Waals surface area contributed by atoms with Crippen LogP contribution in [0.4, 0.5) is 13.2 Å². The van der Waals surface area contributed by atoms with Crippen LogP contribution in [0.15, 0.2) is 24.3 Å². The topological polar surface area (TPSA) is 72.8 Å².